The number of hydrogen-bond donors (Lipinski definition) is 1. The van der Waals surface area contributed by atoms with Crippen molar-refractivity contribution in [3.05, 3.63) is 64.7 Å². The van der Waals surface area contributed by atoms with Crippen LogP contribution in [0.5, 0.6) is 5.75 Å². The predicted octanol–water partition coefficient (Wildman–Crippen LogP) is 5.14. The molecule has 1 saturated carbocycles. The van der Waals surface area contributed by atoms with Gasteiger partial charge in [0.15, 0.2) is 0 Å². The summed E-state index contributed by atoms with van der Waals surface area (Å²) in [5, 5.41) is 0.738. The van der Waals surface area contributed by atoms with Crippen LogP contribution in [0.25, 0.3) is 0 Å². The Hall–Kier alpha value is -2.75. The second kappa shape index (κ2) is 11.2. The zero-order chi connectivity index (χ0) is 28.8. The number of ether oxygens (including phenoxy) is 2. The molecule has 8 nitrogen and oxygen atoms in total. The number of carbonyl (C=O) groups is 1. The number of rotatable bonds is 1. The lowest BCUT2D eigenvalue weighted by Gasteiger charge is -2.46. The first-order valence-corrected chi connectivity index (χ1v) is 16.3. The molecule has 220 valence electrons. The van der Waals surface area contributed by atoms with Crippen LogP contribution in [0.4, 0.5) is 10.5 Å². The number of halogens is 1. The third-order valence-electron chi connectivity index (χ3n) is 9.47. The number of sulfonamides is 1. The largest absolute Gasteiger partial charge is 0.490 e. The summed E-state index contributed by atoms with van der Waals surface area (Å²) in [6.07, 6.45) is 9.87. The van der Waals surface area contributed by atoms with Crippen LogP contribution in [0.1, 0.15) is 43.2 Å². The minimum atomic E-state index is -4.09. The molecule has 10 heteroatoms. The van der Waals surface area contributed by atoms with Gasteiger partial charge in [-0.25, -0.2) is 17.9 Å². The Bertz CT molecular complexity index is 1460. The van der Waals surface area contributed by atoms with E-state index < -0.39 is 16.1 Å². The van der Waals surface area contributed by atoms with Crippen molar-refractivity contribution in [2.45, 2.75) is 54.9 Å². The summed E-state index contributed by atoms with van der Waals surface area (Å²) >= 11 is 6.39. The lowest BCUT2D eigenvalue weighted by atomic mass is 9.68. The molecule has 0 saturated heterocycles. The summed E-state index contributed by atoms with van der Waals surface area (Å²) < 4.78 is 41.4. The number of amides is 2. The highest BCUT2D eigenvalue weighted by molar-refractivity contribution is 7.90. The molecule has 0 unspecified atom stereocenters. The van der Waals surface area contributed by atoms with E-state index in [2.05, 4.69) is 27.8 Å². The highest BCUT2D eigenvalue weighted by atomic mass is 35.5. The van der Waals surface area contributed by atoms with E-state index in [9.17, 15) is 13.2 Å². The van der Waals surface area contributed by atoms with E-state index >= 15 is 0 Å². The standard InChI is InChI=1S/C31H38ClN3O5S/c1-34-15-4-3-7-28(39-2)25-11-8-22(25)18-35-19-31(14-5-6-21-16-23(32)9-12-26(21)31)20-40-29-13-10-24(17-27(29)35)41(37,38)33-30(34)36/h3,7,9-10,12-13,16-17,22,25,28H,4-6,8,11,14-15,18-20H2,1-2H3,(H,33,36)/t22-,25+,28+,31-/m0/s1. The molecule has 4 aliphatic rings. The summed E-state index contributed by atoms with van der Waals surface area (Å²) in [4.78, 5) is 16.5. The number of nitrogens with zero attached hydrogens (tertiary/aromatic N) is 2. The summed E-state index contributed by atoms with van der Waals surface area (Å²) in [6.45, 7) is 2.35. The monoisotopic (exact) mass is 599 g/mol. The van der Waals surface area contributed by atoms with Crippen molar-refractivity contribution in [3.8, 4) is 5.75 Å². The molecule has 1 spiro atoms. The number of methoxy groups -OCH3 is 1. The third-order valence-corrected chi connectivity index (χ3v) is 11.0. The smallest absolute Gasteiger partial charge is 0.331 e. The molecule has 4 atom stereocenters. The Morgan fingerprint density at radius 1 is 1.17 bits per heavy atom. The van der Waals surface area contributed by atoms with Crippen molar-refractivity contribution in [1.82, 2.24) is 9.62 Å². The van der Waals surface area contributed by atoms with E-state index in [0.29, 0.717) is 43.7 Å². The lowest BCUT2D eigenvalue weighted by Crippen LogP contribution is -2.49. The van der Waals surface area contributed by atoms with Crippen molar-refractivity contribution in [1.29, 1.82) is 0 Å². The van der Waals surface area contributed by atoms with Gasteiger partial charge in [-0.15, -0.1) is 0 Å². The molecule has 1 fully saturated rings. The van der Waals surface area contributed by atoms with Crippen LogP contribution >= 0.6 is 11.6 Å². The van der Waals surface area contributed by atoms with E-state index in [4.69, 9.17) is 21.1 Å². The van der Waals surface area contributed by atoms with Crippen molar-refractivity contribution in [2.24, 2.45) is 11.8 Å². The van der Waals surface area contributed by atoms with E-state index in [1.165, 1.54) is 22.1 Å². The number of fused-ring (bicyclic) bond motifs is 4. The maximum atomic E-state index is 13.4. The molecular weight excluding hydrogens is 562 g/mol. The topological polar surface area (TPSA) is 88.2 Å². The average Bonchev–Trinajstić information content (AvgIpc) is 3.08. The average molecular weight is 600 g/mol. The molecule has 2 amide bonds. The first-order chi connectivity index (χ1) is 19.7. The SMILES string of the molecule is CO[C@@H]1C=CCCN(C)C(=O)NS(=O)(=O)c2ccc3c(c2)N(C[C@@H]2CC[C@H]21)C[C@@]1(CCCc2cc(Cl)ccc21)CO3. The van der Waals surface area contributed by atoms with Gasteiger partial charge in [-0.1, -0.05) is 29.8 Å². The Morgan fingerprint density at radius 3 is 2.80 bits per heavy atom. The number of benzene rings is 2. The normalized spacial score (nSPS) is 29.4. The molecule has 2 heterocycles. The van der Waals surface area contributed by atoms with E-state index in [0.717, 1.165) is 49.4 Å². The van der Waals surface area contributed by atoms with Crippen molar-refractivity contribution in [2.75, 3.05) is 45.3 Å². The van der Waals surface area contributed by atoms with Crippen LogP contribution < -0.4 is 14.4 Å². The molecule has 0 radical (unpaired) electrons. The van der Waals surface area contributed by atoms with Gasteiger partial charge in [0.05, 0.1) is 23.3 Å². The van der Waals surface area contributed by atoms with Gasteiger partial charge in [0.2, 0.25) is 0 Å². The Kier molecular flexibility index (Phi) is 7.72. The van der Waals surface area contributed by atoms with Gasteiger partial charge in [0, 0.05) is 44.2 Å². The van der Waals surface area contributed by atoms with Gasteiger partial charge in [-0.2, -0.15) is 0 Å². The second-order valence-corrected chi connectivity index (χ2v) is 14.1. The van der Waals surface area contributed by atoms with E-state index in [-0.39, 0.29) is 16.4 Å². The second-order valence-electron chi connectivity index (χ2n) is 12.0. The molecule has 6 rings (SSSR count). The zero-order valence-electron chi connectivity index (χ0n) is 23.6. The molecule has 1 N–H and O–H groups in total. The number of aryl methyl sites for hydroxylation is 1. The number of hydrogen-bond acceptors (Lipinski definition) is 6. The van der Waals surface area contributed by atoms with Crippen LogP contribution in [0.15, 0.2) is 53.4 Å². The van der Waals surface area contributed by atoms with Crippen LogP contribution in [-0.4, -0.2) is 65.9 Å². The molecule has 2 bridgehead atoms. The predicted molar refractivity (Wildman–Crippen MR) is 159 cm³/mol. The van der Waals surface area contributed by atoms with E-state index in [1.807, 2.05) is 12.1 Å². The number of nitrogens with one attached hydrogen (secondary N) is 1. The highest BCUT2D eigenvalue weighted by Gasteiger charge is 2.44. The fraction of sp³-hybridized carbons (Fsp3) is 0.516. The number of anilines is 1. The van der Waals surface area contributed by atoms with Crippen molar-refractivity contribution >= 4 is 33.3 Å². The van der Waals surface area contributed by atoms with Crippen molar-refractivity contribution in [3.63, 3.8) is 0 Å². The Balaban J connectivity index is 1.44. The van der Waals surface area contributed by atoms with Crippen LogP contribution in [0, 0.1) is 11.8 Å². The molecule has 2 aliphatic heterocycles. The fourth-order valence-electron chi connectivity index (χ4n) is 7.05. The maximum absolute atomic E-state index is 13.4. The summed E-state index contributed by atoms with van der Waals surface area (Å²) in [5.41, 5.74) is 3.01. The van der Waals surface area contributed by atoms with Crippen molar-refractivity contribution < 1.29 is 22.7 Å². The number of carbonyl (C=O) groups excluding carboxylic acids is 1. The molecule has 2 aromatic rings. The quantitative estimate of drug-likeness (QED) is 0.457. The highest BCUT2D eigenvalue weighted by Crippen LogP contribution is 2.47. The third kappa shape index (κ3) is 5.44. The molecule has 41 heavy (non-hydrogen) atoms. The minimum absolute atomic E-state index is 0.0123. The van der Waals surface area contributed by atoms with Gasteiger partial charge in [0.25, 0.3) is 10.0 Å². The summed E-state index contributed by atoms with van der Waals surface area (Å²) in [6, 6.07) is 10.5. The lowest BCUT2D eigenvalue weighted by molar-refractivity contribution is 0.0131. The molecule has 2 aliphatic carbocycles. The first-order valence-electron chi connectivity index (χ1n) is 14.5. The Labute approximate surface area is 247 Å². The van der Waals surface area contributed by atoms with Gasteiger partial charge >= 0.3 is 6.03 Å². The van der Waals surface area contributed by atoms with Crippen LogP contribution in [-0.2, 0) is 26.6 Å². The van der Waals surface area contributed by atoms with Crippen LogP contribution in [0.3, 0.4) is 0 Å². The molecule has 2 aromatic carbocycles. The Morgan fingerprint density at radius 2 is 2.02 bits per heavy atom. The van der Waals surface area contributed by atoms with Gasteiger partial charge in [-0.3, -0.25) is 0 Å². The molecule has 0 aromatic heterocycles. The fourth-order valence-corrected chi connectivity index (χ4v) is 8.26. The molecular formula is C31H38ClN3O5S. The van der Waals surface area contributed by atoms with Gasteiger partial charge < -0.3 is 19.3 Å². The number of urea groups is 1. The van der Waals surface area contributed by atoms with Gasteiger partial charge in [0.1, 0.15) is 5.75 Å². The summed E-state index contributed by atoms with van der Waals surface area (Å²) in [7, 11) is -0.737. The van der Waals surface area contributed by atoms with Crippen LogP contribution in [0.2, 0.25) is 5.02 Å². The summed E-state index contributed by atoms with van der Waals surface area (Å²) in [5.74, 6) is 1.40. The van der Waals surface area contributed by atoms with Gasteiger partial charge in [-0.05, 0) is 91.8 Å². The zero-order valence-corrected chi connectivity index (χ0v) is 25.2. The maximum Gasteiger partial charge on any atom is 0.331 e. The minimum Gasteiger partial charge on any atom is -0.490 e. The van der Waals surface area contributed by atoms with E-state index in [1.54, 1.807) is 26.3 Å². The first kappa shape index (κ1) is 28.4.